The van der Waals surface area contributed by atoms with Gasteiger partial charge in [0, 0.05) is 70.1 Å². The standard InChI is InChI=1S/C48H53F2N5O6/c49-48(50)13-11-29(12-14-48)36-7-3-31-23-35(56)6-8-37(31)43(36)30-1-4-34(5-2-30)53-19-15-47(16-20-53)17-21-54(22-18-47)42(58)28-52-26-32-24-38-39(25-33(32)27-52)46(61)55(45(38)60)40-9-10-41(57)51-44(40)59/h1-2,4-6,8,23-25,29,36,40,43,56H,3,7,9-22,26-28H2,(H,51,57,59)/t36-,40-,43+/m1/s1. The number of piperidine rings is 3. The van der Waals surface area contributed by atoms with Gasteiger partial charge in [0.15, 0.2) is 0 Å². The number of anilines is 1. The summed E-state index contributed by atoms with van der Waals surface area (Å²) >= 11 is 0. The molecule has 11 nitrogen and oxygen atoms in total. The highest BCUT2D eigenvalue weighted by molar-refractivity contribution is 6.23. The molecule has 0 aromatic heterocycles. The van der Waals surface area contributed by atoms with Gasteiger partial charge in [-0.05, 0) is 139 Å². The first-order chi connectivity index (χ1) is 29.3. The summed E-state index contributed by atoms with van der Waals surface area (Å²) < 4.78 is 28.3. The van der Waals surface area contributed by atoms with E-state index in [0.29, 0.717) is 31.8 Å². The molecule has 61 heavy (non-hydrogen) atoms. The first kappa shape index (κ1) is 39.9. The number of carbonyl (C=O) groups is 5. The van der Waals surface area contributed by atoms with Crippen molar-refractivity contribution >= 4 is 35.2 Å². The maximum atomic E-state index is 14.2. The van der Waals surface area contributed by atoms with Gasteiger partial charge in [0.1, 0.15) is 11.8 Å². The third kappa shape index (κ3) is 7.40. The Morgan fingerprint density at radius 3 is 2.02 bits per heavy atom. The van der Waals surface area contributed by atoms with E-state index in [4.69, 9.17) is 0 Å². The Morgan fingerprint density at radius 2 is 1.38 bits per heavy atom. The molecule has 3 saturated heterocycles. The minimum atomic E-state index is -2.55. The highest BCUT2D eigenvalue weighted by atomic mass is 19.3. The summed E-state index contributed by atoms with van der Waals surface area (Å²) in [5.74, 6) is -3.62. The van der Waals surface area contributed by atoms with E-state index >= 15 is 0 Å². The molecule has 10 rings (SSSR count). The number of benzene rings is 3. The van der Waals surface area contributed by atoms with E-state index in [1.807, 2.05) is 17.0 Å². The Labute approximate surface area is 354 Å². The average Bonchev–Trinajstić information content (AvgIpc) is 3.75. The molecule has 320 valence electrons. The normalized spacial score (nSPS) is 26.3. The first-order valence-electron chi connectivity index (χ1n) is 22.3. The fourth-order valence-corrected chi connectivity index (χ4v) is 12.0. The Kier molecular flexibility index (Phi) is 10.0. The second kappa shape index (κ2) is 15.3. The summed E-state index contributed by atoms with van der Waals surface area (Å²) in [6.07, 6.45) is 7.10. The first-order valence-corrected chi connectivity index (χ1v) is 22.3. The van der Waals surface area contributed by atoms with Crippen LogP contribution in [0, 0.1) is 17.3 Å². The summed E-state index contributed by atoms with van der Waals surface area (Å²) in [7, 11) is 0. The molecular weight excluding hydrogens is 781 g/mol. The van der Waals surface area contributed by atoms with Crippen LogP contribution in [0.2, 0.25) is 0 Å². The van der Waals surface area contributed by atoms with Gasteiger partial charge < -0.3 is 14.9 Å². The van der Waals surface area contributed by atoms with Gasteiger partial charge in [-0.2, -0.15) is 0 Å². The van der Waals surface area contributed by atoms with Gasteiger partial charge in [-0.25, -0.2) is 8.78 Å². The number of aryl methyl sites for hydroxylation is 1. The molecule has 1 saturated carbocycles. The van der Waals surface area contributed by atoms with Gasteiger partial charge in [-0.15, -0.1) is 0 Å². The number of phenols is 1. The maximum absolute atomic E-state index is 14.2. The number of alkyl halides is 2. The summed E-state index contributed by atoms with van der Waals surface area (Å²) in [5.41, 5.74) is 7.32. The number of imide groups is 2. The van der Waals surface area contributed by atoms with Crippen molar-refractivity contribution in [3.63, 3.8) is 0 Å². The molecule has 3 aromatic rings. The molecule has 2 N–H and O–H groups in total. The van der Waals surface area contributed by atoms with Gasteiger partial charge >= 0.3 is 0 Å². The highest BCUT2D eigenvalue weighted by Gasteiger charge is 2.46. The number of hydrogen-bond acceptors (Lipinski definition) is 8. The molecule has 3 aromatic carbocycles. The minimum Gasteiger partial charge on any atom is -0.508 e. The van der Waals surface area contributed by atoms with Crippen LogP contribution in [0.25, 0.3) is 0 Å². The second-order valence-corrected chi connectivity index (χ2v) is 19.0. The monoisotopic (exact) mass is 833 g/mol. The van der Waals surface area contributed by atoms with Crippen LogP contribution >= 0.6 is 0 Å². The molecule has 4 fully saturated rings. The zero-order valence-electron chi connectivity index (χ0n) is 34.5. The largest absolute Gasteiger partial charge is 0.508 e. The van der Waals surface area contributed by atoms with Gasteiger partial charge in [-0.3, -0.25) is 39.1 Å². The molecule has 0 bridgehead atoms. The van der Waals surface area contributed by atoms with Gasteiger partial charge in [0.25, 0.3) is 11.8 Å². The van der Waals surface area contributed by atoms with Gasteiger partial charge in [0.05, 0.1) is 17.7 Å². The lowest BCUT2D eigenvalue weighted by atomic mass is 9.64. The Morgan fingerprint density at radius 1 is 0.738 bits per heavy atom. The lowest BCUT2D eigenvalue weighted by Gasteiger charge is -2.47. The summed E-state index contributed by atoms with van der Waals surface area (Å²) in [6.45, 7) is 4.58. The summed E-state index contributed by atoms with van der Waals surface area (Å²) in [5, 5.41) is 12.5. The van der Waals surface area contributed by atoms with E-state index in [1.165, 1.54) is 16.8 Å². The molecule has 7 aliphatic rings. The predicted molar refractivity (Wildman–Crippen MR) is 222 cm³/mol. The minimum absolute atomic E-state index is 0.0314. The molecule has 13 heteroatoms. The number of amides is 5. The topological polar surface area (TPSA) is 131 Å². The lowest BCUT2D eigenvalue weighted by molar-refractivity contribution is -0.137. The van der Waals surface area contributed by atoms with Crippen LogP contribution in [-0.4, -0.2) is 94.0 Å². The number of likely N-dealkylation sites (tertiary alicyclic amines) is 1. The van der Waals surface area contributed by atoms with Crippen molar-refractivity contribution in [2.24, 2.45) is 17.3 Å². The Bertz CT molecular complexity index is 2240. The molecule has 0 radical (unpaired) electrons. The van der Waals surface area contributed by atoms with Crippen molar-refractivity contribution in [3.05, 3.63) is 93.5 Å². The number of hydrogen-bond donors (Lipinski definition) is 2. The van der Waals surface area contributed by atoms with Gasteiger partial charge in [-0.1, -0.05) is 18.2 Å². The van der Waals surface area contributed by atoms with Crippen molar-refractivity contribution < 1.29 is 37.9 Å². The SMILES string of the molecule is O=C1CC[C@@H](N2C(=O)c3cc4c(cc3C2=O)CN(CC(=O)N2CCC3(CC2)CCN(c2ccc([C@@H]5c6ccc(O)cc6CC[C@@H]5C5CCC(F)(F)CC5)cc2)CC3)C4)C(=O)N1. The van der Waals surface area contributed by atoms with E-state index in [2.05, 4.69) is 39.4 Å². The van der Waals surface area contributed by atoms with Gasteiger partial charge in [0.2, 0.25) is 23.6 Å². The summed E-state index contributed by atoms with van der Waals surface area (Å²) in [4.78, 5) is 71.9. The second-order valence-electron chi connectivity index (χ2n) is 19.0. The number of carbonyl (C=O) groups excluding carboxylic acids is 5. The van der Waals surface area contributed by atoms with Crippen LogP contribution in [-0.2, 0) is 33.9 Å². The number of nitrogens with one attached hydrogen (secondary N) is 1. The molecule has 2 aliphatic carbocycles. The van der Waals surface area contributed by atoms with Crippen molar-refractivity contribution in [1.29, 1.82) is 0 Å². The van der Waals surface area contributed by atoms with Crippen LogP contribution in [0.1, 0.15) is 125 Å². The molecule has 0 unspecified atom stereocenters. The number of nitrogens with zero attached hydrogens (tertiary/aromatic N) is 4. The van der Waals surface area contributed by atoms with Crippen molar-refractivity contribution in [2.75, 3.05) is 37.6 Å². The van der Waals surface area contributed by atoms with Crippen LogP contribution in [0.3, 0.4) is 0 Å². The highest BCUT2D eigenvalue weighted by Crippen LogP contribution is 2.51. The number of halogens is 2. The zero-order chi connectivity index (χ0) is 42.2. The molecule has 3 atom stereocenters. The van der Waals surface area contributed by atoms with E-state index in [9.17, 15) is 37.9 Å². The molecular formula is C48H53F2N5O6. The smallest absolute Gasteiger partial charge is 0.262 e. The number of phenolic OH excluding ortho intramolecular Hbond substituents is 1. The fourth-order valence-electron chi connectivity index (χ4n) is 12.0. The lowest BCUT2D eigenvalue weighted by Crippen LogP contribution is -2.54. The van der Waals surface area contributed by atoms with Crippen molar-refractivity contribution in [2.45, 2.75) is 108 Å². The summed E-state index contributed by atoms with van der Waals surface area (Å²) in [6, 6.07) is 17.1. The molecule has 5 amide bonds. The van der Waals surface area contributed by atoms with E-state index in [0.717, 1.165) is 86.3 Å². The Balaban J connectivity index is 0.727. The number of aromatic hydroxyl groups is 1. The van der Waals surface area contributed by atoms with E-state index in [-0.39, 0.29) is 72.3 Å². The quantitative estimate of drug-likeness (QED) is 0.268. The molecule has 5 heterocycles. The predicted octanol–water partition coefficient (Wildman–Crippen LogP) is 6.54. The third-order valence-electron chi connectivity index (χ3n) is 15.5. The van der Waals surface area contributed by atoms with Crippen LogP contribution in [0.5, 0.6) is 5.75 Å². The fraction of sp³-hybridized carbons (Fsp3) is 0.521. The van der Waals surface area contributed by atoms with Crippen molar-refractivity contribution in [1.82, 2.24) is 20.0 Å². The van der Waals surface area contributed by atoms with E-state index in [1.54, 1.807) is 18.2 Å². The molecule has 5 aliphatic heterocycles. The zero-order valence-corrected chi connectivity index (χ0v) is 34.5. The molecule has 1 spiro atoms. The van der Waals surface area contributed by atoms with E-state index < -0.39 is 35.6 Å². The number of fused-ring (bicyclic) bond motifs is 3. The average molecular weight is 834 g/mol. The number of rotatable bonds is 6. The van der Waals surface area contributed by atoms with Crippen LogP contribution in [0.4, 0.5) is 14.5 Å². The van der Waals surface area contributed by atoms with Crippen molar-refractivity contribution in [3.8, 4) is 5.75 Å². The third-order valence-corrected chi connectivity index (χ3v) is 15.5. The van der Waals surface area contributed by atoms with Crippen LogP contribution in [0.15, 0.2) is 54.6 Å². The maximum Gasteiger partial charge on any atom is 0.262 e. The Hall–Kier alpha value is -5.17. The van der Waals surface area contributed by atoms with Crippen LogP contribution < -0.4 is 10.2 Å².